The van der Waals surface area contributed by atoms with Gasteiger partial charge in [-0.3, -0.25) is 4.79 Å². The second-order valence-corrected chi connectivity index (χ2v) is 5.03. The van der Waals surface area contributed by atoms with E-state index in [2.05, 4.69) is 22.5 Å². The molecule has 2 N–H and O–H groups in total. The molecule has 18 heavy (non-hydrogen) atoms. The maximum atomic E-state index is 12.3. The zero-order valence-electron chi connectivity index (χ0n) is 10.7. The van der Waals surface area contributed by atoms with Gasteiger partial charge in [0, 0.05) is 13.1 Å². The molecule has 0 saturated carbocycles. The highest BCUT2D eigenvalue weighted by Crippen LogP contribution is 2.34. The monoisotopic (exact) mass is 245 g/mol. The molecule has 1 aromatic rings. The lowest BCUT2D eigenvalue weighted by Gasteiger charge is -2.51. The quantitative estimate of drug-likeness (QED) is 0.784. The lowest BCUT2D eigenvalue weighted by molar-refractivity contribution is 0.0857. The number of likely N-dealkylation sites (N-methyl/N-ethyl adjacent to an activating group) is 1. The summed E-state index contributed by atoms with van der Waals surface area (Å²) in [4.78, 5) is 14.6. The Balaban J connectivity index is 2.07. The maximum Gasteiger partial charge on any atom is 0.255 e. The molecule has 4 nitrogen and oxygen atoms in total. The first-order chi connectivity index (χ1) is 8.77. The summed E-state index contributed by atoms with van der Waals surface area (Å²) in [5.74, 6) is 0.0546. The number of nitrogens with zero attached hydrogens (tertiary/aromatic N) is 1. The van der Waals surface area contributed by atoms with Gasteiger partial charge in [-0.05, 0) is 38.4 Å². The summed E-state index contributed by atoms with van der Waals surface area (Å²) in [5, 5.41) is 6.62. The van der Waals surface area contributed by atoms with E-state index in [1.165, 1.54) is 0 Å². The van der Waals surface area contributed by atoms with Gasteiger partial charge in [-0.15, -0.1) is 0 Å². The van der Waals surface area contributed by atoms with Crippen molar-refractivity contribution >= 4 is 11.6 Å². The Morgan fingerprint density at radius 1 is 1.39 bits per heavy atom. The normalized spacial score (nSPS) is 26.9. The Labute approximate surface area is 107 Å². The van der Waals surface area contributed by atoms with Crippen molar-refractivity contribution in [3.05, 3.63) is 29.8 Å². The lowest BCUT2D eigenvalue weighted by atomic mass is 9.92. The van der Waals surface area contributed by atoms with E-state index in [4.69, 9.17) is 0 Å². The van der Waals surface area contributed by atoms with Crippen molar-refractivity contribution in [1.82, 2.24) is 10.6 Å². The topological polar surface area (TPSA) is 44.4 Å². The number of hydrogen-bond donors (Lipinski definition) is 2. The van der Waals surface area contributed by atoms with E-state index >= 15 is 0 Å². The average Bonchev–Trinajstić information content (AvgIpc) is 2.40. The van der Waals surface area contributed by atoms with Gasteiger partial charge in [0.15, 0.2) is 0 Å². The van der Waals surface area contributed by atoms with Gasteiger partial charge in [0.1, 0.15) is 5.66 Å². The minimum atomic E-state index is -0.238. The Hall–Kier alpha value is -1.55. The van der Waals surface area contributed by atoms with E-state index in [1.54, 1.807) is 0 Å². The molecular weight excluding hydrogens is 226 g/mol. The van der Waals surface area contributed by atoms with Gasteiger partial charge >= 0.3 is 0 Å². The molecule has 0 aliphatic carbocycles. The van der Waals surface area contributed by atoms with Crippen molar-refractivity contribution in [2.75, 3.05) is 24.5 Å². The first kappa shape index (κ1) is 11.5. The van der Waals surface area contributed by atoms with Crippen LogP contribution in [0.3, 0.4) is 0 Å². The third-order valence-corrected chi connectivity index (χ3v) is 3.98. The Morgan fingerprint density at radius 2 is 2.22 bits per heavy atom. The van der Waals surface area contributed by atoms with Crippen LogP contribution in [0.25, 0.3) is 0 Å². The molecule has 0 bridgehead atoms. The van der Waals surface area contributed by atoms with Crippen LogP contribution < -0.4 is 15.5 Å². The van der Waals surface area contributed by atoms with E-state index in [9.17, 15) is 4.79 Å². The van der Waals surface area contributed by atoms with Crippen LogP contribution in [-0.4, -0.2) is 31.2 Å². The van der Waals surface area contributed by atoms with Crippen LogP contribution >= 0.6 is 0 Å². The van der Waals surface area contributed by atoms with Gasteiger partial charge in [0.25, 0.3) is 5.91 Å². The molecule has 1 aromatic carbocycles. The summed E-state index contributed by atoms with van der Waals surface area (Å²) in [7, 11) is 0. The SMILES string of the molecule is CCN1c2ccccc2C(=O)N[C@]12CCCNC2. The van der Waals surface area contributed by atoms with Crippen LogP contribution in [0.2, 0.25) is 0 Å². The van der Waals surface area contributed by atoms with Gasteiger partial charge in [-0.1, -0.05) is 12.1 Å². The molecule has 1 amide bonds. The summed E-state index contributed by atoms with van der Waals surface area (Å²) < 4.78 is 0. The summed E-state index contributed by atoms with van der Waals surface area (Å²) in [6, 6.07) is 7.87. The molecule has 1 spiro atoms. The van der Waals surface area contributed by atoms with Crippen molar-refractivity contribution in [1.29, 1.82) is 0 Å². The molecule has 2 aliphatic rings. The van der Waals surface area contributed by atoms with Crippen LogP contribution in [0, 0.1) is 0 Å². The fraction of sp³-hybridized carbons (Fsp3) is 0.500. The maximum absolute atomic E-state index is 12.3. The number of rotatable bonds is 1. The molecule has 0 unspecified atom stereocenters. The molecule has 1 atom stereocenters. The van der Waals surface area contributed by atoms with Crippen LogP contribution in [0.5, 0.6) is 0 Å². The number of anilines is 1. The van der Waals surface area contributed by atoms with Gasteiger partial charge in [-0.2, -0.15) is 0 Å². The number of amides is 1. The van der Waals surface area contributed by atoms with Crippen LogP contribution in [0.4, 0.5) is 5.69 Å². The zero-order chi connectivity index (χ0) is 12.6. The molecule has 3 rings (SSSR count). The Morgan fingerprint density at radius 3 is 2.94 bits per heavy atom. The molecule has 0 radical (unpaired) electrons. The van der Waals surface area contributed by atoms with Gasteiger partial charge in [0.2, 0.25) is 0 Å². The summed E-state index contributed by atoms with van der Waals surface area (Å²) in [5.41, 5.74) is 1.61. The van der Waals surface area contributed by atoms with E-state index in [-0.39, 0.29) is 11.6 Å². The fourth-order valence-corrected chi connectivity index (χ4v) is 3.18. The highest BCUT2D eigenvalue weighted by atomic mass is 16.2. The first-order valence-corrected chi connectivity index (χ1v) is 6.67. The summed E-state index contributed by atoms with van der Waals surface area (Å²) in [6.45, 7) is 4.90. The molecule has 1 fully saturated rings. The van der Waals surface area contributed by atoms with Crippen molar-refractivity contribution in [2.24, 2.45) is 0 Å². The minimum Gasteiger partial charge on any atom is -0.347 e. The summed E-state index contributed by atoms with van der Waals surface area (Å²) in [6.07, 6.45) is 2.10. The number of hydrogen-bond acceptors (Lipinski definition) is 3. The molecule has 96 valence electrons. The predicted octanol–water partition coefficient (Wildman–Crippen LogP) is 1.34. The standard InChI is InChI=1S/C14H19N3O/c1-2-17-12-7-4-3-6-11(12)13(18)16-14(17)8-5-9-15-10-14/h3-4,6-7,15H,2,5,8-10H2,1H3,(H,16,18)/t14-/m1/s1. The number of piperidine rings is 1. The van der Waals surface area contributed by atoms with Crippen LogP contribution in [-0.2, 0) is 0 Å². The molecule has 2 heterocycles. The van der Waals surface area contributed by atoms with Crippen LogP contribution in [0.15, 0.2) is 24.3 Å². The largest absolute Gasteiger partial charge is 0.347 e. The van der Waals surface area contributed by atoms with Crippen molar-refractivity contribution in [2.45, 2.75) is 25.4 Å². The number of fused-ring (bicyclic) bond motifs is 1. The number of para-hydroxylation sites is 1. The smallest absolute Gasteiger partial charge is 0.255 e. The van der Waals surface area contributed by atoms with Crippen LogP contribution in [0.1, 0.15) is 30.1 Å². The third-order valence-electron chi connectivity index (χ3n) is 3.98. The second-order valence-electron chi connectivity index (χ2n) is 5.03. The zero-order valence-corrected chi connectivity index (χ0v) is 10.7. The van der Waals surface area contributed by atoms with E-state index < -0.39 is 0 Å². The Kier molecular flexibility index (Phi) is 2.74. The molecule has 1 saturated heterocycles. The van der Waals surface area contributed by atoms with Crippen molar-refractivity contribution < 1.29 is 4.79 Å². The molecule has 2 aliphatic heterocycles. The van der Waals surface area contributed by atoms with Crippen molar-refractivity contribution in [3.63, 3.8) is 0 Å². The van der Waals surface area contributed by atoms with Gasteiger partial charge < -0.3 is 15.5 Å². The lowest BCUT2D eigenvalue weighted by Crippen LogP contribution is -2.70. The fourth-order valence-electron chi connectivity index (χ4n) is 3.18. The van der Waals surface area contributed by atoms with E-state index in [1.807, 2.05) is 24.3 Å². The average molecular weight is 245 g/mol. The van der Waals surface area contributed by atoms with E-state index in [0.717, 1.165) is 43.7 Å². The highest BCUT2D eigenvalue weighted by molar-refractivity contribution is 6.02. The number of carbonyl (C=O) groups excluding carboxylic acids is 1. The highest BCUT2D eigenvalue weighted by Gasteiger charge is 2.43. The second kappa shape index (κ2) is 4.28. The van der Waals surface area contributed by atoms with Gasteiger partial charge in [-0.25, -0.2) is 0 Å². The minimum absolute atomic E-state index is 0.0546. The van der Waals surface area contributed by atoms with Crippen molar-refractivity contribution in [3.8, 4) is 0 Å². The molecule has 4 heteroatoms. The molecular formula is C14H19N3O. The molecule has 0 aromatic heterocycles. The predicted molar refractivity (Wildman–Crippen MR) is 71.8 cm³/mol. The number of benzene rings is 1. The Bertz CT molecular complexity index is 466. The van der Waals surface area contributed by atoms with Gasteiger partial charge in [0.05, 0.1) is 11.3 Å². The third kappa shape index (κ3) is 1.60. The number of carbonyl (C=O) groups is 1. The first-order valence-electron chi connectivity index (χ1n) is 6.67. The summed E-state index contributed by atoms with van der Waals surface area (Å²) >= 11 is 0. The number of nitrogens with one attached hydrogen (secondary N) is 2. The van der Waals surface area contributed by atoms with E-state index in [0.29, 0.717) is 0 Å².